The van der Waals surface area contributed by atoms with E-state index in [9.17, 15) is 9.59 Å². The molecule has 0 radical (unpaired) electrons. The zero-order valence-corrected chi connectivity index (χ0v) is 11.9. The highest BCUT2D eigenvalue weighted by molar-refractivity contribution is 5.90. The average Bonchev–Trinajstić information content (AvgIpc) is 2.98. The Labute approximate surface area is 121 Å². The number of aromatic carboxylic acids is 1. The van der Waals surface area contributed by atoms with Crippen LogP contribution in [0.3, 0.4) is 0 Å². The molecule has 0 saturated heterocycles. The van der Waals surface area contributed by atoms with Gasteiger partial charge in [-0.25, -0.2) is 9.48 Å². The highest BCUT2D eigenvalue weighted by Gasteiger charge is 2.11. The van der Waals surface area contributed by atoms with Crippen LogP contribution in [0.4, 0.5) is 5.82 Å². The number of hydrogen-bond acceptors (Lipinski definition) is 4. The van der Waals surface area contributed by atoms with Crippen molar-refractivity contribution in [2.75, 3.05) is 5.32 Å². The molecule has 0 atom stereocenters. The van der Waals surface area contributed by atoms with Crippen molar-refractivity contribution in [2.45, 2.75) is 33.4 Å². The number of carboxylic acid groups (broad SMARTS) is 1. The Morgan fingerprint density at radius 2 is 2.19 bits per heavy atom. The molecule has 2 N–H and O–H groups in total. The normalized spacial score (nSPS) is 10.6. The first kappa shape index (κ1) is 14.8. The number of aryl methyl sites for hydroxylation is 2. The van der Waals surface area contributed by atoms with E-state index in [-0.39, 0.29) is 18.0 Å². The van der Waals surface area contributed by atoms with Gasteiger partial charge in [0.2, 0.25) is 5.91 Å². The Bertz CT molecular complexity index is 659. The second-order valence-electron chi connectivity index (χ2n) is 4.67. The first-order valence-corrected chi connectivity index (χ1v) is 6.59. The van der Waals surface area contributed by atoms with E-state index in [1.54, 1.807) is 10.7 Å². The van der Waals surface area contributed by atoms with Gasteiger partial charge in [0.05, 0.1) is 17.5 Å². The van der Waals surface area contributed by atoms with Crippen LogP contribution in [0.1, 0.15) is 29.4 Å². The highest BCUT2D eigenvalue weighted by Crippen LogP contribution is 2.11. The molecule has 112 valence electrons. The zero-order chi connectivity index (χ0) is 15.4. The Kier molecular flexibility index (Phi) is 4.36. The van der Waals surface area contributed by atoms with Crippen molar-refractivity contribution in [3.8, 4) is 0 Å². The van der Waals surface area contributed by atoms with Crippen molar-refractivity contribution < 1.29 is 14.7 Å². The summed E-state index contributed by atoms with van der Waals surface area (Å²) < 4.78 is 3.02. The number of hydrogen-bond donors (Lipinski definition) is 2. The van der Waals surface area contributed by atoms with Crippen LogP contribution in [-0.4, -0.2) is 36.5 Å². The summed E-state index contributed by atoms with van der Waals surface area (Å²) in [5.74, 6) is -0.726. The molecule has 1 amide bonds. The number of carboxylic acids is 1. The van der Waals surface area contributed by atoms with E-state index < -0.39 is 5.97 Å². The predicted octanol–water partition coefficient (Wildman–Crippen LogP) is 1.13. The van der Waals surface area contributed by atoms with Gasteiger partial charge in [0.15, 0.2) is 0 Å². The number of amides is 1. The lowest BCUT2D eigenvalue weighted by molar-refractivity contribution is -0.117. The van der Waals surface area contributed by atoms with Crippen LogP contribution in [0, 0.1) is 6.92 Å². The van der Waals surface area contributed by atoms with Crippen LogP contribution in [0.25, 0.3) is 0 Å². The molecular weight excluding hydrogens is 274 g/mol. The van der Waals surface area contributed by atoms with Crippen molar-refractivity contribution in [2.24, 2.45) is 0 Å². The molecular formula is C13H17N5O3. The monoisotopic (exact) mass is 291 g/mol. The molecule has 2 rings (SSSR count). The lowest BCUT2D eigenvalue weighted by Crippen LogP contribution is -2.21. The molecule has 2 aromatic heterocycles. The molecule has 0 aliphatic rings. The average molecular weight is 291 g/mol. The number of carbonyl (C=O) groups is 2. The van der Waals surface area contributed by atoms with Crippen LogP contribution in [0.2, 0.25) is 0 Å². The Balaban J connectivity index is 2.02. The minimum Gasteiger partial charge on any atom is -0.478 e. The molecule has 0 bridgehead atoms. The molecule has 2 aromatic rings. The van der Waals surface area contributed by atoms with E-state index >= 15 is 0 Å². The standard InChI is InChI=1S/C13H17N5O3/c1-3-4-18-11(5-9(2)16-18)15-12(19)8-17-7-10(6-14-17)13(20)21/h5-7H,3-4,8H2,1-2H3,(H,15,19)(H,20,21). The van der Waals surface area contributed by atoms with Crippen molar-refractivity contribution >= 4 is 17.7 Å². The number of nitrogens with zero attached hydrogens (tertiary/aromatic N) is 4. The van der Waals surface area contributed by atoms with Gasteiger partial charge in [-0.2, -0.15) is 10.2 Å². The topological polar surface area (TPSA) is 102 Å². The van der Waals surface area contributed by atoms with Crippen molar-refractivity contribution in [3.63, 3.8) is 0 Å². The second-order valence-corrected chi connectivity index (χ2v) is 4.67. The number of rotatable bonds is 6. The largest absolute Gasteiger partial charge is 0.478 e. The molecule has 0 aromatic carbocycles. The third-order valence-corrected chi connectivity index (χ3v) is 2.79. The number of anilines is 1. The van der Waals surface area contributed by atoms with Gasteiger partial charge in [-0.1, -0.05) is 6.92 Å². The summed E-state index contributed by atoms with van der Waals surface area (Å²) in [5, 5.41) is 19.7. The Morgan fingerprint density at radius 1 is 1.43 bits per heavy atom. The van der Waals surface area contributed by atoms with Gasteiger partial charge in [-0.15, -0.1) is 0 Å². The number of aromatic nitrogens is 4. The fraction of sp³-hybridized carbons (Fsp3) is 0.385. The molecule has 0 fully saturated rings. The van der Waals surface area contributed by atoms with Crippen LogP contribution >= 0.6 is 0 Å². The number of carbonyl (C=O) groups excluding carboxylic acids is 1. The van der Waals surface area contributed by atoms with E-state index in [1.807, 2.05) is 13.8 Å². The van der Waals surface area contributed by atoms with E-state index in [2.05, 4.69) is 15.5 Å². The molecule has 2 heterocycles. The second kappa shape index (κ2) is 6.21. The van der Waals surface area contributed by atoms with Crippen LogP contribution in [0.15, 0.2) is 18.5 Å². The van der Waals surface area contributed by atoms with Gasteiger partial charge in [-0.05, 0) is 13.3 Å². The van der Waals surface area contributed by atoms with Crippen LogP contribution < -0.4 is 5.32 Å². The first-order valence-electron chi connectivity index (χ1n) is 6.59. The van der Waals surface area contributed by atoms with E-state index in [4.69, 9.17) is 5.11 Å². The van der Waals surface area contributed by atoms with Gasteiger partial charge < -0.3 is 10.4 Å². The van der Waals surface area contributed by atoms with E-state index in [0.717, 1.165) is 12.1 Å². The lowest BCUT2D eigenvalue weighted by Gasteiger charge is -2.07. The third kappa shape index (κ3) is 3.68. The molecule has 8 heteroatoms. The molecule has 0 aliphatic carbocycles. The molecule has 0 unspecified atom stereocenters. The summed E-state index contributed by atoms with van der Waals surface area (Å²) in [6, 6.07) is 1.79. The summed E-state index contributed by atoms with van der Waals surface area (Å²) in [4.78, 5) is 22.7. The molecule has 21 heavy (non-hydrogen) atoms. The van der Waals surface area contributed by atoms with Gasteiger partial charge in [-0.3, -0.25) is 9.48 Å². The number of nitrogens with one attached hydrogen (secondary N) is 1. The van der Waals surface area contributed by atoms with Crippen molar-refractivity contribution in [1.82, 2.24) is 19.6 Å². The van der Waals surface area contributed by atoms with Crippen LogP contribution in [0.5, 0.6) is 0 Å². The predicted molar refractivity (Wildman–Crippen MR) is 75.1 cm³/mol. The quantitative estimate of drug-likeness (QED) is 0.830. The van der Waals surface area contributed by atoms with Crippen molar-refractivity contribution in [1.29, 1.82) is 0 Å². The summed E-state index contributed by atoms with van der Waals surface area (Å²) >= 11 is 0. The molecule has 0 spiro atoms. The van der Waals surface area contributed by atoms with Crippen LogP contribution in [-0.2, 0) is 17.9 Å². The minimum absolute atomic E-state index is 0.0506. The van der Waals surface area contributed by atoms with Gasteiger partial charge in [0, 0.05) is 18.8 Å². The minimum atomic E-state index is -1.07. The summed E-state index contributed by atoms with van der Waals surface area (Å²) in [6.45, 7) is 4.55. The molecule has 8 nitrogen and oxygen atoms in total. The van der Waals surface area contributed by atoms with Gasteiger partial charge >= 0.3 is 5.97 Å². The van der Waals surface area contributed by atoms with E-state index in [0.29, 0.717) is 12.4 Å². The third-order valence-electron chi connectivity index (χ3n) is 2.79. The maximum atomic E-state index is 12.0. The van der Waals surface area contributed by atoms with Crippen molar-refractivity contribution in [3.05, 3.63) is 29.7 Å². The smallest absolute Gasteiger partial charge is 0.338 e. The Hall–Kier alpha value is -2.64. The first-order chi connectivity index (χ1) is 9.99. The zero-order valence-electron chi connectivity index (χ0n) is 11.9. The highest BCUT2D eigenvalue weighted by atomic mass is 16.4. The molecule has 0 aliphatic heterocycles. The SMILES string of the molecule is CCCn1nc(C)cc1NC(=O)Cn1cc(C(=O)O)cn1. The van der Waals surface area contributed by atoms with Gasteiger partial charge in [0.1, 0.15) is 12.4 Å². The Morgan fingerprint density at radius 3 is 2.81 bits per heavy atom. The lowest BCUT2D eigenvalue weighted by atomic mass is 10.4. The fourth-order valence-corrected chi connectivity index (χ4v) is 1.92. The maximum absolute atomic E-state index is 12.0. The fourth-order valence-electron chi connectivity index (χ4n) is 1.92. The summed E-state index contributed by atoms with van der Waals surface area (Å²) in [6.07, 6.45) is 3.43. The van der Waals surface area contributed by atoms with Gasteiger partial charge in [0.25, 0.3) is 0 Å². The molecule has 0 saturated carbocycles. The summed E-state index contributed by atoms with van der Waals surface area (Å²) in [5.41, 5.74) is 0.876. The van der Waals surface area contributed by atoms with E-state index in [1.165, 1.54) is 17.1 Å². The maximum Gasteiger partial charge on any atom is 0.338 e. The summed E-state index contributed by atoms with van der Waals surface area (Å²) in [7, 11) is 0.